The molecule has 30 heavy (non-hydrogen) atoms. The molecule has 6 heteroatoms. The predicted molar refractivity (Wildman–Crippen MR) is 112 cm³/mol. The van der Waals surface area contributed by atoms with Crippen molar-refractivity contribution >= 4 is 5.97 Å². The van der Waals surface area contributed by atoms with Crippen molar-refractivity contribution in [2.45, 2.75) is 31.4 Å². The van der Waals surface area contributed by atoms with Gasteiger partial charge in [-0.2, -0.15) is 0 Å². The zero-order valence-corrected chi connectivity index (χ0v) is 16.6. The fourth-order valence-corrected chi connectivity index (χ4v) is 4.68. The highest BCUT2D eigenvalue weighted by molar-refractivity contribution is 5.90. The fraction of sp³-hybridized carbons (Fsp3) is 0.292. The highest BCUT2D eigenvalue weighted by Crippen LogP contribution is 2.39. The maximum atomic E-state index is 13.0. The summed E-state index contributed by atoms with van der Waals surface area (Å²) in [5, 5.41) is 19.8. The Hall–Kier alpha value is -3.25. The number of hydrogen-bond acceptors (Lipinski definition) is 5. The monoisotopic (exact) mass is 404 g/mol. The van der Waals surface area contributed by atoms with Crippen LogP contribution in [0.4, 0.5) is 0 Å². The van der Waals surface area contributed by atoms with Crippen LogP contribution < -0.4 is 0 Å². The standard InChI is InChI=1S/C24H24N2O4/c27-21-11-12-22(28)26(21)18-9-7-16(8-10-18)24(29)30-23-19-6-2-1-5-17(19)15-20(23)25-13-3-4-14-25/h1-2,5-12,20,23,27-28H,3-4,13-15H2. The first-order valence-corrected chi connectivity index (χ1v) is 10.3. The van der Waals surface area contributed by atoms with Gasteiger partial charge in [-0.3, -0.25) is 9.47 Å². The molecule has 1 aromatic heterocycles. The lowest BCUT2D eigenvalue weighted by atomic mass is 10.1. The first-order valence-electron chi connectivity index (χ1n) is 10.3. The molecule has 1 aliphatic carbocycles. The Labute approximate surface area is 174 Å². The van der Waals surface area contributed by atoms with E-state index in [9.17, 15) is 15.0 Å². The Balaban J connectivity index is 1.38. The molecule has 3 aromatic rings. The number of rotatable bonds is 4. The summed E-state index contributed by atoms with van der Waals surface area (Å²) in [6.45, 7) is 2.09. The van der Waals surface area contributed by atoms with Crippen LogP contribution in [0.15, 0.2) is 60.7 Å². The lowest BCUT2D eigenvalue weighted by Gasteiger charge is -2.29. The molecule has 2 heterocycles. The van der Waals surface area contributed by atoms with Crippen molar-refractivity contribution in [3.05, 3.63) is 77.4 Å². The lowest BCUT2D eigenvalue weighted by molar-refractivity contribution is 0.00674. The van der Waals surface area contributed by atoms with Crippen molar-refractivity contribution in [1.29, 1.82) is 0 Å². The van der Waals surface area contributed by atoms with E-state index < -0.39 is 0 Å². The second kappa shape index (κ2) is 7.54. The molecule has 1 aliphatic heterocycles. The average molecular weight is 404 g/mol. The van der Waals surface area contributed by atoms with E-state index in [0.29, 0.717) is 11.3 Å². The molecule has 0 bridgehead atoms. The SMILES string of the molecule is O=C(OC1c2ccccc2CC1N1CCCC1)c1ccc(-n2c(O)ccc2O)cc1. The zero-order chi connectivity index (χ0) is 20.7. The summed E-state index contributed by atoms with van der Waals surface area (Å²) in [6.07, 6.45) is 3.01. The van der Waals surface area contributed by atoms with Crippen LogP contribution in [0.5, 0.6) is 11.8 Å². The van der Waals surface area contributed by atoms with E-state index in [1.54, 1.807) is 24.3 Å². The van der Waals surface area contributed by atoms with Gasteiger partial charge in [0.05, 0.1) is 17.3 Å². The van der Waals surface area contributed by atoms with Gasteiger partial charge in [0, 0.05) is 12.1 Å². The summed E-state index contributed by atoms with van der Waals surface area (Å²) >= 11 is 0. The number of benzene rings is 2. The lowest BCUT2D eigenvalue weighted by Crippen LogP contribution is -2.37. The van der Waals surface area contributed by atoms with Crippen molar-refractivity contribution in [2.24, 2.45) is 0 Å². The number of likely N-dealkylation sites (tertiary alicyclic amines) is 1. The largest absolute Gasteiger partial charge is 0.494 e. The zero-order valence-electron chi connectivity index (χ0n) is 16.6. The van der Waals surface area contributed by atoms with Gasteiger partial charge in [0.1, 0.15) is 6.10 Å². The Morgan fingerprint density at radius 3 is 2.27 bits per heavy atom. The highest BCUT2D eigenvalue weighted by Gasteiger charge is 2.39. The molecule has 0 saturated carbocycles. The van der Waals surface area contributed by atoms with Crippen molar-refractivity contribution < 1.29 is 19.7 Å². The number of hydrogen-bond donors (Lipinski definition) is 2. The van der Waals surface area contributed by atoms with Crippen molar-refractivity contribution in [3.8, 4) is 17.4 Å². The molecule has 154 valence electrons. The molecule has 2 aliphatic rings. The number of esters is 1. The number of carbonyl (C=O) groups excluding carboxylic acids is 1. The van der Waals surface area contributed by atoms with Crippen LogP contribution in [0.25, 0.3) is 5.69 Å². The quantitative estimate of drug-likeness (QED) is 0.647. The second-order valence-electron chi connectivity index (χ2n) is 7.97. The summed E-state index contributed by atoms with van der Waals surface area (Å²) in [7, 11) is 0. The molecule has 6 nitrogen and oxygen atoms in total. The molecule has 2 N–H and O–H groups in total. The highest BCUT2D eigenvalue weighted by atomic mass is 16.5. The minimum Gasteiger partial charge on any atom is -0.494 e. The topological polar surface area (TPSA) is 74.9 Å². The molecular weight excluding hydrogens is 380 g/mol. The van der Waals surface area contributed by atoms with E-state index in [4.69, 9.17) is 4.74 Å². The van der Waals surface area contributed by atoms with Crippen LogP contribution in [-0.4, -0.2) is 44.8 Å². The molecule has 2 unspecified atom stereocenters. The van der Waals surface area contributed by atoms with Gasteiger partial charge in [-0.05, 0) is 67.7 Å². The maximum Gasteiger partial charge on any atom is 0.338 e. The van der Waals surface area contributed by atoms with Crippen LogP contribution in [-0.2, 0) is 11.2 Å². The van der Waals surface area contributed by atoms with E-state index in [1.165, 1.54) is 35.1 Å². The molecular formula is C24H24N2O4. The third-order valence-electron chi connectivity index (χ3n) is 6.18. The minimum absolute atomic E-state index is 0.0705. The Bertz CT molecular complexity index is 1050. The van der Waals surface area contributed by atoms with Gasteiger partial charge in [-0.1, -0.05) is 24.3 Å². The number of nitrogens with zero attached hydrogens (tertiary/aromatic N) is 2. The first kappa shape index (κ1) is 18.8. The third kappa shape index (κ3) is 3.23. The van der Waals surface area contributed by atoms with Crippen LogP contribution in [0.1, 0.15) is 40.4 Å². The molecule has 0 spiro atoms. The number of ether oxygens (including phenoxy) is 1. The van der Waals surface area contributed by atoms with Gasteiger partial charge in [-0.25, -0.2) is 4.79 Å². The molecule has 2 atom stereocenters. The summed E-state index contributed by atoms with van der Waals surface area (Å²) in [5.74, 6) is -0.508. The summed E-state index contributed by atoms with van der Waals surface area (Å²) in [4.78, 5) is 15.4. The Kier molecular flexibility index (Phi) is 4.71. The van der Waals surface area contributed by atoms with Crippen LogP contribution in [0, 0.1) is 0 Å². The van der Waals surface area contributed by atoms with Crippen LogP contribution in [0.2, 0.25) is 0 Å². The maximum absolute atomic E-state index is 13.0. The number of aromatic nitrogens is 1. The van der Waals surface area contributed by atoms with Gasteiger partial charge < -0.3 is 14.9 Å². The molecule has 1 fully saturated rings. The van der Waals surface area contributed by atoms with E-state index in [-0.39, 0.29) is 29.9 Å². The smallest absolute Gasteiger partial charge is 0.338 e. The fourth-order valence-electron chi connectivity index (χ4n) is 4.68. The van der Waals surface area contributed by atoms with Gasteiger partial charge >= 0.3 is 5.97 Å². The second-order valence-corrected chi connectivity index (χ2v) is 7.97. The van der Waals surface area contributed by atoms with Gasteiger partial charge in [0.15, 0.2) is 11.8 Å². The number of aromatic hydroxyl groups is 2. The van der Waals surface area contributed by atoms with Crippen molar-refractivity contribution in [2.75, 3.05) is 13.1 Å². The van der Waals surface area contributed by atoms with E-state index in [2.05, 4.69) is 17.0 Å². The number of carbonyl (C=O) groups is 1. The molecule has 0 radical (unpaired) electrons. The molecule has 2 aromatic carbocycles. The normalized spacial score (nSPS) is 20.9. The van der Waals surface area contributed by atoms with E-state index >= 15 is 0 Å². The van der Waals surface area contributed by atoms with Gasteiger partial charge in [-0.15, -0.1) is 0 Å². The molecule has 5 rings (SSSR count). The van der Waals surface area contributed by atoms with Gasteiger partial charge in [0.25, 0.3) is 0 Å². The molecule has 1 saturated heterocycles. The summed E-state index contributed by atoms with van der Waals surface area (Å²) < 4.78 is 7.34. The first-order chi connectivity index (χ1) is 14.6. The minimum atomic E-state index is -0.367. The van der Waals surface area contributed by atoms with Crippen LogP contribution in [0.3, 0.4) is 0 Å². The number of fused-ring (bicyclic) bond motifs is 1. The van der Waals surface area contributed by atoms with Crippen molar-refractivity contribution in [1.82, 2.24) is 9.47 Å². The Morgan fingerprint density at radius 2 is 1.57 bits per heavy atom. The average Bonchev–Trinajstić information content (AvgIpc) is 3.48. The van der Waals surface area contributed by atoms with Crippen LogP contribution >= 0.6 is 0 Å². The summed E-state index contributed by atoms with van der Waals surface area (Å²) in [6, 6.07) is 17.9. The molecule has 0 amide bonds. The predicted octanol–water partition coefficient (Wildman–Crippen LogP) is 3.81. The third-order valence-corrected chi connectivity index (χ3v) is 6.18. The Morgan fingerprint density at radius 1 is 0.900 bits per heavy atom. The summed E-state index contributed by atoms with van der Waals surface area (Å²) in [5.41, 5.74) is 3.35. The van der Waals surface area contributed by atoms with E-state index in [1.807, 2.05) is 12.1 Å². The van der Waals surface area contributed by atoms with Crippen molar-refractivity contribution in [3.63, 3.8) is 0 Å². The van der Waals surface area contributed by atoms with Gasteiger partial charge in [0.2, 0.25) is 0 Å². The van der Waals surface area contributed by atoms with E-state index in [0.717, 1.165) is 25.1 Å².